The molecule has 3 rings (SSSR count). The predicted octanol–water partition coefficient (Wildman–Crippen LogP) is 2.11. The van der Waals surface area contributed by atoms with E-state index in [1.165, 1.54) is 12.8 Å². The largest absolute Gasteiger partial charge is 0.486 e. The molecule has 2 unspecified atom stereocenters. The molecular weight excluding hydrogens is 471 g/mol. The van der Waals surface area contributed by atoms with Crippen LogP contribution in [0.15, 0.2) is 29.3 Å². The van der Waals surface area contributed by atoms with Gasteiger partial charge in [0.05, 0.1) is 19.7 Å². The average molecular weight is 504 g/mol. The number of ether oxygens (including phenoxy) is 3. The molecule has 2 N–H and O–H groups in total. The van der Waals surface area contributed by atoms with Crippen molar-refractivity contribution < 1.29 is 14.2 Å². The molecule has 1 aromatic rings. The zero-order chi connectivity index (χ0) is 18.9. The number of benzene rings is 1. The first-order chi connectivity index (χ1) is 13.3. The van der Waals surface area contributed by atoms with E-state index in [9.17, 15) is 0 Å². The number of hydrogen-bond donors (Lipinski definition) is 2. The number of hydrogen-bond acceptors (Lipinski definition) is 5. The van der Waals surface area contributed by atoms with Crippen LogP contribution in [0.3, 0.4) is 0 Å². The van der Waals surface area contributed by atoms with Gasteiger partial charge in [-0.1, -0.05) is 12.1 Å². The summed E-state index contributed by atoms with van der Waals surface area (Å²) < 4.78 is 17.0. The third-order valence-electron chi connectivity index (χ3n) is 4.95. The fourth-order valence-electron chi connectivity index (χ4n) is 3.52. The van der Waals surface area contributed by atoms with Gasteiger partial charge in [0.2, 0.25) is 0 Å². The van der Waals surface area contributed by atoms with E-state index in [1.807, 2.05) is 24.3 Å². The van der Waals surface area contributed by atoms with Gasteiger partial charge in [0, 0.05) is 26.2 Å². The summed E-state index contributed by atoms with van der Waals surface area (Å²) in [6.07, 6.45) is 2.40. The van der Waals surface area contributed by atoms with Crippen LogP contribution in [0.5, 0.6) is 11.5 Å². The van der Waals surface area contributed by atoms with Crippen molar-refractivity contribution in [1.29, 1.82) is 0 Å². The maximum absolute atomic E-state index is 6.01. The molecule has 0 bridgehead atoms. The summed E-state index contributed by atoms with van der Waals surface area (Å²) in [6.45, 7) is 7.79. The molecule has 0 aromatic heterocycles. The lowest BCUT2D eigenvalue weighted by molar-refractivity contribution is 0.0936. The smallest absolute Gasteiger partial charge is 0.191 e. The second-order valence-electron chi connectivity index (χ2n) is 6.92. The Morgan fingerprint density at radius 3 is 2.89 bits per heavy atom. The standard InChI is InChI=1S/C20H32N4O3.HI/c1-3-21-20(22-13-16-7-6-10-24(16)11-12-25-2)23-14-17-15-26-18-8-4-5-9-19(18)27-17;/h4-5,8-9,16-17H,3,6-7,10-15H2,1-2H3,(H2,21,22,23);1H. The maximum Gasteiger partial charge on any atom is 0.191 e. The van der Waals surface area contributed by atoms with Gasteiger partial charge in [-0.2, -0.15) is 0 Å². The monoisotopic (exact) mass is 504 g/mol. The number of guanidine groups is 1. The third-order valence-corrected chi connectivity index (χ3v) is 4.95. The average Bonchev–Trinajstić information content (AvgIpc) is 3.15. The first-order valence-corrected chi connectivity index (χ1v) is 9.93. The summed E-state index contributed by atoms with van der Waals surface area (Å²) in [6, 6.07) is 8.28. The third kappa shape index (κ3) is 6.66. The number of halogens is 1. The zero-order valence-corrected chi connectivity index (χ0v) is 19.2. The summed E-state index contributed by atoms with van der Waals surface area (Å²) in [4.78, 5) is 7.28. The fraction of sp³-hybridized carbons (Fsp3) is 0.650. The molecule has 2 aliphatic heterocycles. The summed E-state index contributed by atoms with van der Waals surface area (Å²) in [5.41, 5.74) is 0. The van der Waals surface area contributed by atoms with Gasteiger partial charge in [0.25, 0.3) is 0 Å². The number of likely N-dealkylation sites (tertiary alicyclic amines) is 1. The Hall–Kier alpha value is -1.26. The van der Waals surface area contributed by atoms with Crippen molar-refractivity contribution in [2.24, 2.45) is 4.99 Å². The van der Waals surface area contributed by atoms with Gasteiger partial charge in [0.1, 0.15) is 12.7 Å². The van der Waals surface area contributed by atoms with Crippen molar-refractivity contribution >= 4 is 29.9 Å². The normalized spacial score (nSPS) is 21.9. The van der Waals surface area contributed by atoms with Crippen molar-refractivity contribution in [3.8, 4) is 11.5 Å². The van der Waals surface area contributed by atoms with Gasteiger partial charge in [-0.05, 0) is 38.4 Å². The van der Waals surface area contributed by atoms with Gasteiger partial charge >= 0.3 is 0 Å². The van der Waals surface area contributed by atoms with Gasteiger partial charge in [0.15, 0.2) is 17.5 Å². The maximum atomic E-state index is 6.01. The highest BCUT2D eigenvalue weighted by molar-refractivity contribution is 14.0. The van der Waals surface area contributed by atoms with Crippen LogP contribution < -0.4 is 20.1 Å². The number of methoxy groups -OCH3 is 1. The van der Waals surface area contributed by atoms with Gasteiger partial charge in [-0.15, -0.1) is 24.0 Å². The molecule has 2 aliphatic rings. The van der Waals surface area contributed by atoms with Gasteiger partial charge in [-0.25, -0.2) is 0 Å². The Kier molecular flexibility index (Phi) is 10.1. The highest BCUT2D eigenvalue weighted by atomic mass is 127. The number of fused-ring (bicyclic) bond motifs is 1. The zero-order valence-electron chi connectivity index (χ0n) is 16.9. The second-order valence-corrected chi connectivity index (χ2v) is 6.92. The number of nitrogens with one attached hydrogen (secondary N) is 2. The Morgan fingerprint density at radius 1 is 1.29 bits per heavy atom. The molecule has 0 spiro atoms. The minimum atomic E-state index is -0.0339. The molecule has 1 fully saturated rings. The molecule has 1 saturated heterocycles. The van der Waals surface area contributed by atoms with E-state index in [0.29, 0.717) is 19.2 Å². The lowest BCUT2D eigenvalue weighted by Gasteiger charge is -2.27. The van der Waals surface area contributed by atoms with E-state index in [0.717, 1.165) is 50.2 Å². The van der Waals surface area contributed by atoms with Crippen molar-refractivity contribution in [1.82, 2.24) is 15.5 Å². The molecule has 0 saturated carbocycles. The number of aliphatic imine (C=N–C) groups is 1. The first kappa shape index (κ1) is 23.0. The molecule has 0 radical (unpaired) electrons. The van der Waals surface area contributed by atoms with Crippen LogP contribution in [0.2, 0.25) is 0 Å². The van der Waals surface area contributed by atoms with E-state index in [-0.39, 0.29) is 30.1 Å². The summed E-state index contributed by atoms with van der Waals surface area (Å²) in [5.74, 6) is 2.45. The summed E-state index contributed by atoms with van der Waals surface area (Å²) in [7, 11) is 1.76. The van der Waals surface area contributed by atoms with Crippen LogP contribution in [0.25, 0.3) is 0 Å². The van der Waals surface area contributed by atoms with E-state index >= 15 is 0 Å². The molecule has 2 heterocycles. The molecule has 1 aromatic carbocycles. The van der Waals surface area contributed by atoms with E-state index in [1.54, 1.807) is 7.11 Å². The predicted molar refractivity (Wildman–Crippen MR) is 122 cm³/mol. The molecule has 0 aliphatic carbocycles. The molecule has 2 atom stereocenters. The topological polar surface area (TPSA) is 67.4 Å². The minimum absolute atomic E-state index is 0. The van der Waals surface area contributed by atoms with Crippen LogP contribution in [0, 0.1) is 0 Å². The highest BCUT2D eigenvalue weighted by Gasteiger charge is 2.24. The van der Waals surface area contributed by atoms with Crippen molar-refractivity contribution in [3.05, 3.63) is 24.3 Å². The molecule has 0 amide bonds. The Morgan fingerprint density at radius 2 is 2.11 bits per heavy atom. The SMILES string of the molecule is CCNC(=NCC1CCCN1CCOC)NCC1COc2ccccc2O1.I. The van der Waals surface area contributed by atoms with Crippen molar-refractivity contribution in [3.63, 3.8) is 0 Å². The van der Waals surface area contributed by atoms with Crippen LogP contribution in [0.1, 0.15) is 19.8 Å². The Balaban J connectivity index is 0.00000280. The second kappa shape index (κ2) is 12.3. The van der Waals surface area contributed by atoms with E-state index in [4.69, 9.17) is 19.2 Å². The van der Waals surface area contributed by atoms with Crippen LogP contribution in [0.4, 0.5) is 0 Å². The fourth-order valence-corrected chi connectivity index (χ4v) is 3.52. The molecule has 7 nitrogen and oxygen atoms in total. The van der Waals surface area contributed by atoms with Gasteiger partial charge < -0.3 is 24.8 Å². The number of rotatable bonds is 8. The first-order valence-electron chi connectivity index (χ1n) is 9.93. The number of nitrogens with zero attached hydrogens (tertiary/aromatic N) is 2. The highest BCUT2D eigenvalue weighted by Crippen LogP contribution is 2.30. The van der Waals surface area contributed by atoms with Crippen LogP contribution in [-0.2, 0) is 4.74 Å². The van der Waals surface area contributed by atoms with Crippen LogP contribution in [-0.4, -0.2) is 76.1 Å². The van der Waals surface area contributed by atoms with Crippen molar-refractivity contribution in [2.75, 3.05) is 53.0 Å². The van der Waals surface area contributed by atoms with E-state index < -0.39 is 0 Å². The minimum Gasteiger partial charge on any atom is -0.486 e. The molecule has 8 heteroatoms. The lowest BCUT2D eigenvalue weighted by Crippen LogP contribution is -2.46. The Labute approximate surface area is 185 Å². The quantitative estimate of drug-likeness (QED) is 0.321. The summed E-state index contributed by atoms with van der Waals surface area (Å²) >= 11 is 0. The molecular formula is C20H33IN4O3. The van der Waals surface area contributed by atoms with Crippen LogP contribution >= 0.6 is 24.0 Å². The van der Waals surface area contributed by atoms with Gasteiger partial charge in [-0.3, -0.25) is 9.89 Å². The number of para-hydroxylation sites is 2. The summed E-state index contributed by atoms with van der Waals surface area (Å²) in [5, 5.41) is 6.72. The van der Waals surface area contributed by atoms with Crippen molar-refractivity contribution in [2.45, 2.75) is 31.9 Å². The Bertz CT molecular complexity index is 617. The lowest BCUT2D eigenvalue weighted by atomic mass is 10.2. The molecule has 28 heavy (non-hydrogen) atoms. The van der Waals surface area contributed by atoms with E-state index in [2.05, 4.69) is 22.5 Å². The molecule has 158 valence electrons.